The minimum absolute atomic E-state index is 0.118. The van der Waals surface area contributed by atoms with Crippen molar-refractivity contribution in [1.29, 1.82) is 0 Å². The van der Waals surface area contributed by atoms with Crippen LogP contribution in [0.25, 0.3) is 11.1 Å². The van der Waals surface area contributed by atoms with Gasteiger partial charge in [-0.25, -0.2) is 13.1 Å². The standard InChI is InChI=1S/C32H39ClN4O5S/c1-2-36-31(38)29(34)8-5-6-17-37-43(39,40)24-12-13-28(33)22(19-24)21-41-32(15-16-32)27-20-35-18-14-25(27)26-7-3-4-9-30(26)42-23-10-11-23/h3-4,7,9,12-14,18-20,23,29,37H,2,5-6,8,10-11,15-17,21,34H2,1H3,(H,36,38). The number of nitrogens with two attached hydrogens (primary N) is 1. The zero-order chi connectivity index (χ0) is 30.5. The minimum Gasteiger partial charge on any atom is -0.490 e. The molecule has 11 heteroatoms. The van der Waals surface area contributed by atoms with Gasteiger partial charge in [0.1, 0.15) is 5.75 Å². The Morgan fingerprint density at radius 3 is 2.67 bits per heavy atom. The van der Waals surface area contributed by atoms with Crippen molar-refractivity contribution >= 4 is 27.5 Å². The van der Waals surface area contributed by atoms with Crippen LogP contribution in [0.1, 0.15) is 63.0 Å². The predicted molar refractivity (Wildman–Crippen MR) is 166 cm³/mol. The van der Waals surface area contributed by atoms with Crippen LogP contribution in [0.4, 0.5) is 0 Å². The Morgan fingerprint density at radius 1 is 1.14 bits per heavy atom. The summed E-state index contributed by atoms with van der Waals surface area (Å²) in [7, 11) is -3.77. The van der Waals surface area contributed by atoms with E-state index in [1.54, 1.807) is 18.3 Å². The average Bonchev–Trinajstić information content (AvgIpc) is 3.94. The Hall–Kier alpha value is -3.02. The van der Waals surface area contributed by atoms with Crippen LogP contribution >= 0.6 is 11.6 Å². The van der Waals surface area contributed by atoms with Crippen molar-refractivity contribution in [2.75, 3.05) is 13.1 Å². The van der Waals surface area contributed by atoms with Crippen LogP contribution in [0.2, 0.25) is 5.02 Å². The smallest absolute Gasteiger partial charge is 0.240 e. The Morgan fingerprint density at radius 2 is 1.93 bits per heavy atom. The number of benzene rings is 2. The molecule has 2 aromatic carbocycles. The summed E-state index contributed by atoms with van der Waals surface area (Å²) >= 11 is 6.50. The average molecular weight is 627 g/mol. The van der Waals surface area contributed by atoms with Gasteiger partial charge < -0.3 is 20.5 Å². The van der Waals surface area contributed by atoms with E-state index in [0.29, 0.717) is 36.4 Å². The van der Waals surface area contributed by atoms with Gasteiger partial charge in [0, 0.05) is 41.6 Å². The zero-order valence-electron chi connectivity index (χ0n) is 24.4. The quantitative estimate of drug-likeness (QED) is 0.189. The van der Waals surface area contributed by atoms with E-state index < -0.39 is 21.7 Å². The first-order valence-corrected chi connectivity index (χ1v) is 16.7. The van der Waals surface area contributed by atoms with Crippen molar-refractivity contribution in [3.05, 3.63) is 77.1 Å². The third-order valence-electron chi connectivity index (χ3n) is 7.76. The molecule has 1 heterocycles. The van der Waals surface area contributed by atoms with Crippen LogP contribution in [0, 0.1) is 0 Å². The molecule has 4 N–H and O–H groups in total. The lowest BCUT2D eigenvalue weighted by atomic mass is 9.96. The molecule has 2 fully saturated rings. The second-order valence-electron chi connectivity index (χ2n) is 11.2. The second-order valence-corrected chi connectivity index (χ2v) is 13.3. The number of hydrogen-bond donors (Lipinski definition) is 3. The molecule has 3 aromatic rings. The number of carbonyl (C=O) groups is 1. The molecule has 9 nitrogen and oxygen atoms in total. The summed E-state index contributed by atoms with van der Waals surface area (Å²) in [6, 6.07) is 14.1. The SMILES string of the molecule is CCNC(=O)C(N)CCCCNS(=O)(=O)c1ccc(Cl)c(COC2(c3cnccc3-c3ccccc3OC3CC3)CC2)c1. The number of ether oxygens (including phenoxy) is 2. The minimum atomic E-state index is -3.77. The maximum absolute atomic E-state index is 13.0. The molecule has 1 amide bonds. The summed E-state index contributed by atoms with van der Waals surface area (Å²) in [5.41, 5.74) is 8.93. The number of nitrogens with zero attached hydrogens (tertiary/aromatic N) is 1. The summed E-state index contributed by atoms with van der Waals surface area (Å²) in [5, 5.41) is 3.12. The largest absolute Gasteiger partial charge is 0.490 e. The second kappa shape index (κ2) is 13.7. The Balaban J connectivity index is 1.23. The van der Waals surface area contributed by atoms with Crippen molar-refractivity contribution in [3.8, 4) is 16.9 Å². The lowest BCUT2D eigenvalue weighted by molar-refractivity contribution is -0.122. The van der Waals surface area contributed by atoms with E-state index in [-0.39, 0.29) is 30.1 Å². The van der Waals surface area contributed by atoms with Gasteiger partial charge in [-0.3, -0.25) is 9.78 Å². The Labute approximate surface area is 258 Å². The van der Waals surface area contributed by atoms with Gasteiger partial charge in [-0.05, 0) is 86.9 Å². The van der Waals surface area contributed by atoms with Gasteiger partial charge in [0.25, 0.3) is 0 Å². The van der Waals surface area contributed by atoms with Crippen molar-refractivity contribution in [1.82, 2.24) is 15.0 Å². The van der Waals surface area contributed by atoms with Gasteiger partial charge >= 0.3 is 0 Å². The fourth-order valence-corrected chi connectivity index (χ4v) is 6.31. The number of aromatic nitrogens is 1. The highest BCUT2D eigenvalue weighted by Crippen LogP contribution is 2.53. The van der Waals surface area contributed by atoms with Crippen LogP contribution in [0.3, 0.4) is 0 Å². The number of nitrogens with one attached hydrogen (secondary N) is 2. The molecule has 2 aliphatic carbocycles. The third-order valence-corrected chi connectivity index (χ3v) is 9.59. The lowest BCUT2D eigenvalue weighted by Crippen LogP contribution is -2.40. The molecule has 1 unspecified atom stereocenters. The highest BCUT2D eigenvalue weighted by molar-refractivity contribution is 7.89. The lowest BCUT2D eigenvalue weighted by Gasteiger charge is -2.22. The number of likely N-dealkylation sites (N-methyl/N-ethyl adjacent to an activating group) is 1. The number of unbranched alkanes of at least 4 members (excludes halogenated alkanes) is 1. The van der Waals surface area contributed by atoms with Gasteiger partial charge in [-0.15, -0.1) is 0 Å². The summed E-state index contributed by atoms with van der Waals surface area (Å²) in [5.74, 6) is 0.658. The molecule has 1 aromatic heterocycles. The van der Waals surface area contributed by atoms with E-state index in [9.17, 15) is 13.2 Å². The highest BCUT2D eigenvalue weighted by atomic mass is 35.5. The van der Waals surface area contributed by atoms with Gasteiger partial charge in [0.05, 0.1) is 29.2 Å². The molecule has 5 rings (SSSR count). The van der Waals surface area contributed by atoms with E-state index in [1.807, 2.05) is 37.4 Å². The molecular weight excluding hydrogens is 588 g/mol. The molecule has 0 bridgehead atoms. The highest BCUT2D eigenvalue weighted by Gasteiger charge is 2.48. The van der Waals surface area contributed by atoms with Crippen molar-refractivity contribution < 1.29 is 22.7 Å². The van der Waals surface area contributed by atoms with Crippen LogP contribution in [-0.4, -0.2) is 44.5 Å². The molecule has 0 aliphatic heterocycles. The van der Waals surface area contributed by atoms with Gasteiger partial charge in [-0.2, -0.15) is 0 Å². The first kappa shape index (κ1) is 31.4. The monoisotopic (exact) mass is 626 g/mol. The molecule has 0 radical (unpaired) electrons. The number of halogens is 1. The number of carbonyl (C=O) groups excluding carboxylic acids is 1. The maximum atomic E-state index is 13.0. The number of amides is 1. The summed E-state index contributed by atoms with van der Waals surface area (Å²) in [4.78, 5) is 16.3. The van der Waals surface area contributed by atoms with Gasteiger partial charge in [-0.1, -0.05) is 36.2 Å². The number of sulfonamides is 1. The van der Waals surface area contributed by atoms with E-state index in [0.717, 1.165) is 48.1 Å². The van der Waals surface area contributed by atoms with E-state index >= 15 is 0 Å². The molecule has 2 aliphatic rings. The maximum Gasteiger partial charge on any atom is 0.240 e. The van der Waals surface area contributed by atoms with Crippen LogP contribution in [-0.2, 0) is 31.8 Å². The normalized spacial score (nSPS) is 16.4. The number of hydrogen-bond acceptors (Lipinski definition) is 7. The van der Waals surface area contributed by atoms with Gasteiger partial charge in [0.2, 0.25) is 15.9 Å². The van der Waals surface area contributed by atoms with Gasteiger partial charge in [0.15, 0.2) is 0 Å². The Bertz CT molecular complexity index is 1540. The summed E-state index contributed by atoms with van der Waals surface area (Å²) < 4.78 is 41.4. The van der Waals surface area contributed by atoms with Crippen molar-refractivity contribution in [3.63, 3.8) is 0 Å². The van der Waals surface area contributed by atoms with E-state index in [1.165, 1.54) is 6.07 Å². The topological polar surface area (TPSA) is 133 Å². The summed E-state index contributed by atoms with van der Waals surface area (Å²) in [6.45, 7) is 2.74. The predicted octanol–water partition coefficient (Wildman–Crippen LogP) is 5.06. The number of para-hydroxylation sites is 1. The third kappa shape index (κ3) is 7.93. The first-order valence-electron chi connectivity index (χ1n) is 14.9. The van der Waals surface area contributed by atoms with Crippen LogP contribution < -0.4 is 20.5 Å². The fraction of sp³-hybridized carbons (Fsp3) is 0.438. The number of rotatable bonds is 16. The van der Waals surface area contributed by atoms with Crippen molar-refractivity contribution in [2.24, 2.45) is 5.73 Å². The molecule has 1 atom stereocenters. The van der Waals surface area contributed by atoms with Crippen LogP contribution in [0.5, 0.6) is 5.75 Å². The van der Waals surface area contributed by atoms with Crippen LogP contribution in [0.15, 0.2) is 65.8 Å². The molecule has 0 spiro atoms. The molecule has 2 saturated carbocycles. The van der Waals surface area contributed by atoms with E-state index in [2.05, 4.69) is 21.1 Å². The summed E-state index contributed by atoms with van der Waals surface area (Å²) in [6.07, 6.45) is 9.34. The molecule has 43 heavy (non-hydrogen) atoms. The fourth-order valence-electron chi connectivity index (χ4n) is 5.02. The molecular formula is C32H39ClN4O5S. The number of pyridine rings is 1. The molecule has 0 saturated heterocycles. The first-order chi connectivity index (χ1) is 20.7. The molecule has 230 valence electrons. The van der Waals surface area contributed by atoms with Crippen molar-refractivity contribution in [2.45, 2.75) is 81.1 Å². The van der Waals surface area contributed by atoms with E-state index in [4.69, 9.17) is 26.8 Å². The Kier molecular flexibility index (Phi) is 10.0. The zero-order valence-corrected chi connectivity index (χ0v) is 25.9.